The van der Waals surface area contributed by atoms with Crippen LogP contribution in [0.3, 0.4) is 0 Å². The summed E-state index contributed by atoms with van der Waals surface area (Å²) >= 11 is 1.74. The molecular formula is C22H22SiZr. The largest absolute Gasteiger partial charge is 0.214 e. The van der Waals surface area contributed by atoms with E-state index in [0.29, 0.717) is 0 Å². The Kier molecular flexibility index (Phi) is 8.15. The minimum Gasteiger partial charge on any atom is -0.214 e. The molecule has 0 aromatic heterocycles. The van der Waals surface area contributed by atoms with Crippen molar-refractivity contribution in [2.75, 3.05) is 0 Å². The van der Waals surface area contributed by atoms with Gasteiger partial charge in [-0.2, -0.15) is 30.3 Å². The smallest absolute Gasteiger partial charge is 0.0279 e. The average molecular weight is 406 g/mol. The first-order valence-corrected chi connectivity index (χ1v) is 14.3. The Bertz CT molecular complexity index is 821. The molecule has 0 aliphatic heterocycles. The zero-order valence-electron chi connectivity index (χ0n) is 14.2. The first-order valence-electron chi connectivity index (χ1n) is 8.07. The van der Waals surface area contributed by atoms with Gasteiger partial charge in [0.25, 0.3) is 0 Å². The van der Waals surface area contributed by atoms with Gasteiger partial charge in [0.1, 0.15) is 0 Å². The van der Waals surface area contributed by atoms with Crippen LogP contribution in [0.2, 0.25) is 13.1 Å². The van der Waals surface area contributed by atoms with E-state index in [1.807, 2.05) is 30.3 Å². The summed E-state index contributed by atoms with van der Waals surface area (Å²) in [7, 11) is 0. The molecule has 0 heterocycles. The molecule has 118 valence electrons. The van der Waals surface area contributed by atoms with E-state index >= 15 is 0 Å². The molecular weight excluding hydrogens is 384 g/mol. The number of hydrogen-bond acceptors (Lipinski definition) is 0. The molecule has 0 radical (unpaired) electrons. The fourth-order valence-electron chi connectivity index (χ4n) is 2.35. The molecule has 0 saturated carbocycles. The molecule has 0 atom stereocenters. The molecule has 4 aromatic carbocycles. The van der Waals surface area contributed by atoms with Crippen molar-refractivity contribution in [3.63, 3.8) is 0 Å². The van der Waals surface area contributed by atoms with Gasteiger partial charge >= 0.3 is 41.9 Å². The van der Waals surface area contributed by atoms with E-state index in [0.717, 1.165) is 0 Å². The first kappa shape index (κ1) is 18.8. The van der Waals surface area contributed by atoms with Gasteiger partial charge in [-0.15, -0.1) is 29.0 Å². The molecule has 0 saturated heterocycles. The van der Waals surface area contributed by atoms with Crippen LogP contribution in [0.25, 0.3) is 21.9 Å². The third kappa shape index (κ3) is 6.19. The van der Waals surface area contributed by atoms with E-state index in [9.17, 15) is 0 Å². The van der Waals surface area contributed by atoms with Crippen molar-refractivity contribution in [3.05, 3.63) is 97.1 Å². The summed E-state index contributed by atoms with van der Waals surface area (Å²) in [6, 6.07) is 33.4. The molecule has 0 unspecified atom stereocenters. The Balaban J connectivity index is 0.000000192. The monoisotopic (exact) mass is 404 g/mol. The fourth-order valence-corrected chi connectivity index (χ4v) is 2.35. The van der Waals surface area contributed by atoms with Gasteiger partial charge in [-0.05, 0) is 5.56 Å². The summed E-state index contributed by atoms with van der Waals surface area (Å²) in [5, 5.41) is 2.65. The van der Waals surface area contributed by atoms with E-state index in [1.165, 1.54) is 21.9 Å². The molecule has 24 heavy (non-hydrogen) atoms. The molecule has 0 nitrogen and oxygen atoms in total. The normalized spacial score (nSPS) is 9.50. The van der Waals surface area contributed by atoms with Crippen molar-refractivity contribution in [1.82, 2.24) is 0 Å². The Morgan fingerprint density at radius 1 is 0.750 bits per heavy atom. The van der Waals surface area contributed by atoms with Crippen molar-refractivity contribution in [1.29, 1.82) is 0 Å². The van der Waals surface area contributed by atoms with Crippen LogP contribution in [0, 0.1) is 0 Å². The zero-order chi connectivity index (χ0) is 17.2. The quantitative estimate of drug-likeness (QED) is 0.253. The average Bonchev–Trinajstić information content (AvgIpc) is 3.29. The summed E-state index contributed by atoms with van der Waals surface area (Å²) in [5.41, 5.74) is 2.81. The van der Waals surface area contributed by atoms with E-state index in [2.05, 4.69) is 79.8 Å². The summed E-state index contributed by atoms with van der Waals surface area (Å²) in [5.74, 6) is 0. The van der Waals surface area contributed by atoms with Crippen LogP contribution in [0.15, 0.2) is 97.1 Å². The van der Waals surface area contributed by atoms with Crippen molar-refractivity contribution in [2.24, 2.45) is 0 Å². The summed E-state index contributed by atoms with van der Waals surface area (Å²) < 4.78 is 0. The Labute approximate surface area is 160 Å². The predicted octanol–water partition coefficient (Wildman–Crippen LogP) is 6.42. The van der Waals surface area contributed by atoms with E-state index in [4.69, 9.17) is 0 Å². The first-order chi connectivity index (χ1) is 11.7. The zero-order valence-corrected chi connectivity index (χ0v) is 17.7. The van der Waals surface area contributed by atoms with E-state index in [1.54, 1.807) is 23.3 Å². The fraction of sp³-hybridized carbons (Fsp3) is 0.0909. The van der Waals surface area contributed by atoms with Gasteiger partial charge in [0.15, 0.2) is 0 Å². The van der Waals surface area contributed by atoms with E-state index < -0.39 is 0 Å². The molecule has 0 amide bonds. The molecule has 0 N–H and O–H groups in total. The van der Waals surface area contributed by atoms with Crippen molar-refractivity contribution >= 4 is 16.2 Å². The molecule has 0 spiro atoms. The summed E-state index contributed by atoms with van der Waals surface area (Å²) in [6.07, 6.45) is 0. The number of fused-ring (bicyclic) bond motifs is 1. The topological polar surface area (TPSA) is 0 Å². The Morgan fingerprint density at radius 3 is 2.00 bits per heavy atom. The molecule has 0 aliphatic rings. The van der Waals surface area contributed by atoms with Crippen LogP contribution in [0.5, 0.6) is 0 Å². The third-order valence-corrected chi connectivity index (χ3v) is 3.32. The Morgan fingerprint density at radius 2 is 1.42 bits per heavy atom. The van der Waals surface area contributed by atoms with Crippen LogP contribution < -0.4 is 0 Å². The van der Waals surface area contributed by atoms with Crippen LogP contribution in [-0.4, -0.2) is 5.43 Å². The molecule has 4 aromatic rings. The maximum atomic E-state index is 2.31. The third-order valence-electron chi connectivity index (χ3n) is 3.32. The van der Waals surface area contributed by atoms with Crippen molar-refractivity contribution < 1.29 is 23.3 Å². The second kappa shape index (κ2) is 10.4. The van der Waals surface area contributed by atoms with Gasteiger partial charge in [0.2, 0.25) is 0 Å². The molecule has 0 bridgehead atoms. The van der Waals surface area contributed by atoms with Gasteiger partial charge in [0, 0.05) is 0 Å². The second-order valence-electron chi connectivity index (χ2n) is 5.66. The van der Waals surface area contributed by atoms with Crippen LogP contribution >= 0.6 is 0 Å². The van der Waals surface area contributed by atoms with Crippen molar-refractivity contribution in [3.8, 4) is 11.1 Å². The summed E-state index contributed by atoms with van der Waals surface area (Å²) in [4.78, 5) is 0. The molecule has 2 heteroatoms. The number of benzene rings is 2. The van der Waals surface area contributed by atoms with Crippen LogP contribution in [0.4, 0.5) is 0 Å². The van der Waals surface area contributed by atoms with Gasteiger partial charge < -0.3 is 0 Å². The van der Waals surface area contributed by atoms with E-state index in [-0.39, 0.29) is 5.43 Å². The van der Waals surface area contributed by atoms with Crippen molar-refractivity contribution in [2.45, 2.75) is 13.1 Å². The molecule has 4 rings (SSSR count). The molecule has 0 aliphatic carbocycles. The predicted molar refractivity (Wildman–Crippen MR) is 104 cm³/mol. The maximum absolute atomic E-state index is 2.31. The van der Waals surface area contributed by atoms with Gasteiger partial charge in [-0.1, -0.05) is 42.0 Å². The van der Waals surface area contributed by atoms with Crippen LogP contribution in [0.1, 0.15) is 0 Å². The SMILES string of the molecule is C[Si](C)=[Zr+2].c1cc[cH-]c1.c1ccc(-c2cccc3[cH-]ccc23)cc1. The minimum absolute atomic E-state index is 0.210. The number of rotatable bonds is 1. The Hall–Kier alpha value is -1.50. The molecule has 0 fully saturated rings. The van der Waals surface area contributed by atoms with Gasteiger partial charge in [-0.25, -0.2) is 12.1 Å². The number of hydrogen-bond donors (Lipinski definition) is 0. The summed E-state index contributed by atoms with van der Waals surface area (Å²) in [6.45, 7) is 4.62. The maximum Gasteiger partial charge on any atom is -0.0279 e. The standard InChI is InChI=1S/C15H11.C5H5.C2H6Si.Zr/c1-2-6-12(7-3-1)14-10-4-8-13-9-5-11-15(13)14;1-2-4-5-3-1;1-3-2;/h1-11H;1-5H;1-2H3;/q2*-1;;+2. The van der Waals surface area contributed by atoms with Gasteiger partial charge in [0.05, 0.1) is 0 Å². The van der Waals surface area contributed by atoms with Crippen LogP contribution in [-0.2, 0) is 23.3 Å². The minimum atomic E-state index is 0.210. The van der Waals surface area contributed by atoms with Gasteiger partial charge in [-0.3, -0.25) is 0 Å². The second-order valence-corrected chi connectivity index (χ2v) is 15.0.